The molecule has 0 aromatic heterocycles. The second-order valence-corrected chi connectivity index (χ2v) is 5.02. The predicted octanol–water partition coefficient (Wildman–Crippen LogP) is 1.74. The van der Waals surface area contributed by atoms with Gasteiger partial charge in [0, 0.05) is 38.8 Å². The van der Waals surface area contributed by atoms with Crippen LogP contribution in [0, 0.1) is 17.5 Å². The Hall–Kier alpha value is -1.11. The number of piperazine rings is 1. The van der Waals surface area contributed by atoms with Gasteiger partial charge < -0.3 is 10.6 Å². The third-order valence-corrected chi connectivity index (χ3v) is 3.91. The fourth-order valence-corrected chi connectivity index (χ4v) is 2.65. The molecule has 1 aliphatic heterocycles. The van der Waals surface area contributed by atoms with E-state index in [-0.39, 0.29) is 12.6 Å². The van der Waals surface area contributed by atoms with Gasteiger partial charge in [0.25, 0.3) is 0 Å². The Morgan fingerprint density at radius 1 is 1.10 bits per heavy atom. The highest BCUT2D eigenvalue weighted by atomic mass is 19.2. The fourth-order valence-electron chi connectivity index (χ4n) is 2.65. The summed E-state index contributed by atoms with van der Waals surface area (Å²) < 4.78 is 39.7. The maximum absolute atomic E-state index is 13.3. The van der Waals surface area contributed by atoms with Crippen LogP contribution in [0.15, 0.2) is 12.1 Å². The summed E-state index contributed by atoms with van der Waals surface area (Å²) in [6.45, 7) is 6.71. The van der Waals surface area contributed by atoms with Crippen LogP contribution in [0.25, 0.3) is 0 Å². The molecule has 1 saturated heterocycles. The maximum atomic E-state index is 13.3. The van der Waals surface area contributed by atoms with Crippen LogP contribution in [-0.2, 0) is 0 Å². The lowest BCUT2D eigenvalue weighted by Crippen LogP contribution is -2.48. The van der Waals surface area contributed by atoms with Crippen molar-refractivity contribution in [3.63, 3.8) is 0 Å². The summed E-state index contributed by atoms with van der Waals surface area (Å²) in [5.41, 5.74) is 6.14. The first-order valence-electron chi connectivity index (χ1n) is 6.87. The Labute approximate surface area is 117 Å². The molecule has 1 aromatic carbocycles. The molecule has 0 amide bonds. The summed E-state index contributed by atoms with van der Waals surface area (Å²) in [6, 6.07) is 1.81. The Bertz CT molecular complexity index is 436. The SMILES string of the molecule is CCN1CCN(C(CN)c2cc(F)c(F)c(F)c2)CC1. The standard InChI is InChI=1S/C14H20F3N3/c1-2-19-3-5-20(6-4-19)13(9-18)10-7-11(15)14(17)12(16)8-10/h7-8,13H,2-6,9,18H2,1H3. The van der Waals surface area contributed by atoms with E-state index in [0.717, 1.165) is 44.9 Å². The van der Waals surface area contributed by atoms with E-state index in [1.54, 1.807) is 0 Å². The normalized spacial score (nSPS) is 19.2. The Balaban J connectivity index is 2.16. The van der Waals surface area contributed by atoms with Crippen LogP contribution in [0.5, 0.6) is 0 Å². The van der Waals surface area contributed by atoms with Gasteiger partial charge in [0.15, 0.2) is 17.5 Å². The average molecular weight is 287 g/mol. The molecule has 0 aliphatic carbocycles. The smallest absolute Gasteiger partial charge is 0.194 e. The second-order valence-electron chi connectivity index (χ2n) is 5.02. The lowest BCUT2D eigenvalue weighted by molar-refractivity contribution is 0.102. The van der Waals surface area contributed by atoms with Gasteiger partial charge in [0.2, 0.25) is 0 Å². The first-order chi connectivity index (χ1) is 9.56. The second kappa shape index (κ2) is 6.56. The van der Waals surface area contributed by atoms with Crippen LogP contribution in [0.4, 0.5) is 13.2 Å². The lowest BCUT2D eigenvalue weighted by Gasteiger charge is -2.38. The van der Waals surface area contributed by atoms with E-state index < -0.39 is 17.5 Å². The largest absolute Gasteiger partial charge is 0.329 e. The van der Waals surface area contributed by atoms with Gasteiger partial charge in [-0.15, -0.1) is 0 Å². The van der Waals surface area contributed by atoms with Gasteiger partial charge in [-0.1, -0.05) is 6.92 Å². The molecule has 0 radical (unpaired) electrons. The topological polar surface area (TPSA) is 32.5 Å². The number of likely N-dealkylation sites (N-methyl/N-ethyl adjacent to an activating group) is 1. The van der Waals surface area contributed by atoms with Crippen LogP contribution >= 0.6 is 0 Å². The van der Waals surface area contributed by atoms with Crippen LogP contribution in [-0.4, -0.2) is 49.1 Å². The van der Waals surface area contributed by atoms with Gasteiger partial charge in [-0.3, -0.25) is 4.90 Å². The number of hydrogen-bond donors (Lipinski definition) is 1. The molecule has 0 spiro atoms. The summed E-state index contributed by atoms with van der Waals surface area (Å²) >= 11 is 0. The van der Waals surface area contributed by atoms with Crippen LogP contribution in [0.1, 0.15) is 18.5 Å². The van der Waals surface area contributed by atoms with Crippen LogP contribution in [0.3, 0.4) is 0 Å². The van der Waals surface area contributed by atoms with Crippen molar-refractivity contribution >= 4 is 0 Å². The van der Waals surface area contributed by atoms with E-state index in [0.29, 0.717) is 5.56 Å². The van der Waals surface area contributed by atoms with Crippen molar-refractivity contribution in [1.82, 2.24) is 9.80 Å². The minimum atomic E-state index is -1.43. The predicted molar refractivity (Wildman–Crippen MR) is 71.8 cm³/mol. The monoisotopic (exact) mass is 287 g/mol. The Morgan fingerprint density at radius 2 is 1.65 bits per heavy atom. The quantitative estimate of drug-likeness (QED) is 0.856. The highest BCUT2D eigenvalue weighted by Gasteiger charge is 2.25. The van der Waals surface area contributed by atoms with E-state index in [1.165, 1.54) is 0 Å². The van der Waals surface area contributed by atoms with Gasteiger partial charge in [0.1, 0.15) is 0 Å². The number of nitrogens with two attached hydrogens (primary N) is 1. The van der Waals surface area contributed by atoms with Gasteiger partial charge in [-0.05, 0) is 24.2 Å². The van der Waals surface area contributed by atoms with Crippen LogP contribution < -0.4 is 5.73 Å². The van der Waals surface area contributed by atoms with Gasteiger partial charge >= 0.3 is 0 Å². The number of halogens is 3. The van der Waals surface area contributed by atoms with Crippen molar-refractivity contribution in [2.24, 2.45) is 5.73 Å². The molecule has 0 saturated carbocycles. The van der Waals surface area contributed by atoms with Gasteiger partial charge in [-0.2, -0.15) is 0 Å². The van der Waals surface area contributed by atoms with Crippen molar-refractivity contribution < 1.29 is 13.2 Å². The summed E-state index contributed by atoms with van der Waals surface area (Å²) in [6.07, 6.45) is 0. The first kappa shape index (κ1) is 15.3. The zero-order valence-corrected chi connectivity index (χ0v) is 11.6. The van der Waals surface area contributed by atoms with E-state index in [2.05, 4.69) is 16.7 Å². The molecule has 0 bridgehead atoms. The molecule has 3 nitrogen and oxygen atoms in total. The number of benzene rings is 1. The Kier molecular flexibility index (Phi) is 5.01. The number of nitrogens with zero attached hydrogens (tertiary/aromatic N) is 2. The van der Waals surface area contributed by atoms with E-state index in [9.17, 15) is 13.2 Å². The molecule has 1 aromatic rings. The van der Waals surface area contributed by atoms with E-state index >= 15 is 0 Å². The molecule has 1 atom stereocenters. The average Bonchev–Trinajstić information content (AvgIpc) is 2.46. The van der Waals surface area contributed by atoms with Crippen molar-refractivity contribution in [3.05, 3.63) is 35.1 Å². The highest BCUT2D eigenvalue weighted by molar-refractivity contribution is 5.23. The molecule has 2 rings (SSSR count). The third kappa shape index (κ3) is 3.13. The zero-order chi connectivity index (χ0) is 14.7. The van der Waals surface area contributed by atoms with Gasteiger partial charge in [0.05, 0.1) is 0 Å². The van der Waals surface area contributed by atoms with Crippen molar-refractivity contribution in [2.75, 3.05) is 39.3 Å². The summed E-state index contributed by atoms with van der Waals surface area (Å²) in [5.74, 6) is -3.75. The van der Waals surface area contributed by atoms with Crippen molar-refractivity contribution in [1.29, 1.82) is 0 Å². The summed E-state index contributed by atoms with van der Waals surface area (Å²) in [4.78, 5) is 4.40. The summed E-state index contributed by atoms with van der Waals surface area (Å²) in [7, 11) is 0. The molecule has 112 valence electrons. The molecule has 1 unspecified atom stereocenters. The molecule has 1 heterocycles. The lowest BCUT2D eigenvalue weighted by atomic mass is 10.0. The van der Waals surface area contributed by atoms with E-state index in [4.69, 9.17) is 5.73 Å². The molecular formula is C14H20F3N3. The molecule has 1 aliphatic rings. The third-order valence-electron chi connectivity index (χ3n) is 3.91. The fraction of sp³-hybridized carbons (Fsp3) is 0.571. The van der Waals surface area contributed by atoms with Crippen LogP contribution in [0.2, 0.25) is 0 Å². The molecule has 20 heavy (non-hydrogen) atoms. The van der Waals surface area contributed by atoms with Crippen molar-refractivity contribution in [3.8, 4) is 0 Å². The number of rotatable bonds is 4. The minimum absolute atomic E-state index is 0.247. The summed E-state index contributed by atoms with van der Waals surface area (Å²) in [5, 5.41) is 0. The first-order valence-corrected chi connectivity index (χ1v) is 6.87. The number of hydrogen-bond acceptors (Lipinski definition) is 3. The zero-order valence-electron chi connectivity index (χ0n) is 11.6. The maximum Gasteiger partial charge on any atom is 0.194 e. The van der Waals surface area contributed by atoms with E-state index in [1.807, 2.05) is 0 Å². The minimum Gasteiger partial charge on any atom is -0.329 e. The molecular weight excluding hydrogens is 267 g/mol. The Morgan fingerprint density at radius 3 is 2.10 bits per heavy atom. The van der Waals surface area contributed by atoms with Gasteiger partial charge in [-0.25, -0.2) is 13.2 Å². The highest BCUT2D eigenvalue weighted by Crippen LogP contribution is 2.24. The molecule has 2 N–H and O–H groups in total. The van der Waals surface area contributed by atoms with Crippen molar-refractivity contribution in [2.45, 2.75) is 13.0 Å². The molecule has 6 heteroatoms. The molecule has 1 fully saturated rings.